The van der Waals surface area contributed by atoms with E-state index in [9.17, 15) is 0 Å². The molecule has 3 aromatic heterocycles. The van der Waals surface area contributed by atoms with Gasteiger partial charge < -0.3 is 14.0 Å². The minimum Gasteiger partial charge on any atom is -0.509 e. The molecule has 0 fully saturated rings. The summed E-state index contributed by atoms with van der Waals surface area (Å²) < 4.78 is 16.3. The van der Waals surface area contributed by atoms with Gasteiger partial charge >= 0.3 is 20.4 Å². The standard InChI is InChI=1S/C42H40N4O2.Pd/c1-7-12-36-42(41-28(4)14-11-15-29(41)5)38(13-8-2)46(44-36)30-22-27(3)23-33(24-30)48-32-18-19-35-34-16-9-10-17-37(34)45(39(35)25-32)40-26-31(47-6)20-21-43-40;/h9-11,14-23,26H,7-8,12-13H2,1-6H3;/q-2;+2. The Balaban J connectivity index is 0.00000417. The summed E-state index contributed by atoms with van der Waals surface area (Å²) in [5.74, 6) is 2.71. The zero-order valence-corrected chi connectivity index (χ0v) is 30.4. The zero-order chi connectivity index (χ0) is 33.4. The Morgan fingerprint density at radius 3 is 2.29 bits per heavy atom. The first-order valence-corrected chi connectivity index (χ1v) is 16.8. The number of benzene rings is 4. The molecule has 0 saturated carbocycles. The second kappa shape index (κ2) is 14.4. The summed E-state index contributed by atoms with van der Waals surface area (Å²) >= 11 is 0. The summed E-state index contributed by atoms with van der Waals surface area (Å²) in [6.07, 6.45) is 5.61. The summed E-state index contributed by atoms with van der Waals surface area (Å²) in [4.78, 5) is 4.68. The van der Waals surface area contributed by atoms with E-state index in [0.29, 0.717) is 11.5 Å². The van der Waals surface area contributed by atoms with Crippen LogP contribution < -0.4 is 9.47 Å². The number of fused-ring (bicyclic) bond motifs is 3. The third-order valence-corrected chi connectivity index (χ3v) is 8.92. The SMILES string of the molecule is CCCc1nn(-c2[c-]c(Oc3[c-]c4c(cc3)c3ccccc3n4-c3cc(OC)ccn3)cc(C)c2)c(CCC)c1-c1c(C)cccc1C.[Pd+2]. The number of pyridine rings is 1. The minimum atomic E-state index is 0. The molecular weight excluding hydrogens is 699 g/mol. The van der Waals surface area contributed by atoms with Crippen molar-refractivity contribution in [1.29, 1.82) is 0 Å². The van der Waals surface area contributed by atoms with E-state index in [1.165, 1.54) is 27.9 Å². The summed E-state index contributed by atoms with van der Waals surface area (Å²) in [7, 11) is 1.67. The molecular formula is C42H40N4O2Pd. The van der Waals surface area contributed by atoms with Gasteiger partial charge in [0, 0.05) is 40.5 Å². The van der Waals surface area contributed by atoms with Gasteiger partial charge in [-0.05, 0) is 66.6 Å². The Kier molecular flexibility index (Phi) is 10.1. The van der Waals surface area contributed by atoms with Gasteiger partial charge in [-0.15, -0.1) is 35.7 Å². The van der Waals surface area contributed by atoms with Gasteiger partial charge in [0.15, 0.2) is 0 Å². The maximum Gasteiger partial charge on any atom is 2.00 e. The average Bonchev–Trinajstić information content (AvgIpc) is 3.60. The van der Waals surface area contributed by atoms with Crippen LogP contribution in [0.1, 0.15) is 54.8 Å². The van der Waals surface area contributed by atoms with Gasteiger partial charge in [-0.25, -0.2) is 4.98 Å². The first-order valence-electron chi connectivity index (χ1n) is 16.8. The van der Waals surface area contributed by atoms with Crippen LogP contribution in [0.5, 0.6) is 17.2 Å². The molecule has 0 aliphatic heterocycles. The van der Waals surface area contributed by atoms with Crippen LogP contribution in [0.4, 0.5) is 0 Å². The smallest absolute Gasteiger partial charge is 0.509 e. The number of ether oxygens (including phenoxy) is 2. The monoisotopic (exact) mass is 738 g/mol. The van der Waals surface area contributed by atoms with Crippen molar-refractivity contribution in [2.24, 2.45) is 0 Å². The molecule has 7 aromatic rings. The third kappa shape index (κ3) is 6.42. The van der Waals surface area contributed by atoms with Gasteiger partial charge in [-0.2, -0.15) is 16.7 Å². The van der Waals surface area contributed by atoms with E-state index in [-0.39, 0.29) is 20.4 Å². The molecule has 49 heavy (non-hydrogen) atoms. The van der Waals surface area contributed by atoms with Gasteiger partial charge in [0.2, 0.25) is 0 Å². The molecule has 6 nitrogen and oxygen atoms in total. The number of aryl methyl sites for hydroxylation is 4. The van der Waals surface area contributed by atoms with E-state index in [1.54, 1.807) is 13.3 Å². The number of nitrogens with zero attached hydrogens (tertiary/aromatic N) is 4. The zero-order valence-electron chi connectivity index (χ0n) is 28.8. The number of para-hydroxylation sites is 1. The Labute approximate surface area is 302 Å². The molecule has 7 heteroatoms. The normalized spacial score (nSPS) is 11.2. The van der Waals surface area contributed by atoms with Crippen LogP contribution >= 0.6 is 0 Å². The quantitative estimate of drug-likeness (QED) is 0.104. The van der Waals surface area contributed by atoms with Crippen molar-refractivity contribution in [1.82, 2.24) is 19.3 Å². The minimum absolute atomic E-state index is 0. The van der Waals surface area contributed by atoms with Crippen LogP contribution in [0, 0.1) is 32.9 Å². The van der Waals surface area contributed by atoms with Crippen molar-refractivity contribution in [2.75, 3.05) is 7.11 Å². The molecule has 0 N–H and O–H groups in total. The largest absolute Gasteiger partial charge is 2.00 e. The maximum atomic E-state index is 6.56. The van der Waals surface area contributed by atoms with Crippen molar-refractivity contribution in [3.05, 3.63) is 125 Å². The van der Waals surface area contributed by atoms with Gasteiger partial charge in [0.1, 0.15) is 11.6 Å². The van der Waals surface area contributed by atoms with E-state index in [0.717, 1.165) is 76.0 Å². The molecule has 0 amide bonds. The fraction of sp³-hybridized carbons (Fsp3) is 0.238. The van der Waals surface area contributed by atoms with Gasteiger partial charge in [0.25, 0.3) is 0 Å². The summed E-state index contributed by atoms with van der Waals surface area (Å²) in [5.41, 5.74) is 11.3. The summed E-state index contributed by atoms with van der Waals surface area (Å²) in [5, 5.41) is 7.45. The van der Waals surface area contributed by atoms with Gasteiger partial charge in [-0.3, -0.25) is 4.68 Å². The molecule has 0 atom stereocenters. The van der Waals surface area contributed by atoms with Crippen LogP contribution in [-0.2, 0) is 33.3 Å². The second-order valence-electron chi connectivity index (χ2n) is 12.4. The number of methoxy groups -OCH3 is 1. The molecule has 0 spiro atoms. The van der Waals surface area contributed by atoms with Crippen molar-refractivity contribution >= 4 is 21.8 Å². The van der Waals surface area contributed by atoms with E-state index in [4.69, 9.17) is 14.6 Å². The number of hydrogen-bond donors (Lipinski definition) is 0. The van der Waals surface area contributed by atoms with Crippen LogP contribution in [-0.4, -0.2) is 26.4 Å². The van der Waals surface area contributed by atoms with Crippen molar-refractivity contribution in [3.63, 3.8) is 0 Å². The fourth-order valence-electron chi connectivity index (χ4n) is 6.85. The molecule has 0 unspecified atom stereocenters. The molecule has 0 saturated heterocycles. The summed E-state index contributed by atoms with van der Waals surface area (Å²) in [6.45, 7) is 10.9. The van der Waals surface area contributed by atoms with Crippen LogP contribution in [0.15, 0.2) is 85.1 Å². The van der Waals surface area contributed by atoms with Crippen LogP contribution in [0.3, 0.4) is 0 Å². The maximum absolute atomic E-state index is 6.56. The van der Waals surface area contributed by atoms with Gasteiger partial charge in [-0.1, -0.05) is 75.5 Å². The molecule has 7 rings (SSSR count). The Morgan fingerprint density at radius 2 is 1.53 bits per heavy atom. The van der Waals surface area contributed by atoms with Crippen molar-refractivity contribution in [3.8, 4) is 39.9 Å². The Morgan fingerprint density at radius 1 is 0.755 bits per heavy atom. The summed E-state index contributed by atoms with van der Waals surface area (Å²) in [6, 6.07) is 34.0. The van der Waals surface area contributed by atoms with Crippen LogP contribution in [0.25, 0.3) is 44.4 Å². The third-order valence-electron chi connectivity index (χ3n) is 8.92. The van der Waals surface area contributed by atoms with Gasteiger partial charge in [0.05, 0.1) is 12.8 Å². The molecule has 0 aliphatic carbocycles. The Bertz CT molecular complexity index is 2260. The molecule has 4 aromatic carbocycles. The fourth-order valence-corrected chi connectivity index (χ4v) is 6.85. The predicted molar refractivity (Wildman–Crippen MR) is 194 cm³/mol. The van der Waals surface area contributed by atoms with E-state index in [1.807, 2.05) is 30.3 Å². The number of rotatable bonds is 10. The van der Waals surface area contributed by atoms with E-state index in [2.05, 4.69) is 110 Å². The van der Waals surface area contributed by atoms with Crippen molar-refractivity contribution < 1.29 is 29.9 Å². The van der Waals surface area contributed by atoms with Crippen LogP contribution in [0.2, 0.25) is 0 Å². The van der Waals surface area contributed by atoms with E-state index < -0.39 is 0 Å². The predicted octanol–water partition coefficient (Wildman–Crippen LogP) is 10.3. The number of hydrogen-bond acceptors (Lipinski definition) is 4. The number of aromatic nitrogens is 4. The molecule has 3 heterocycles. The topological polar surface area (TPSA) is 54.1 Å². The van der Waals surface area contributed by atoms with E-state index >= 15 is 0 Å². The molecule has 0 aliphatic rings. The molecule has 250 valence electrons. The molecule has 0 radical (unpaired) electrons. The van der Waals surface area contributed by atoms with Crippen molar-refractivity contribution in [2.45, 2.75) is 60.3 Å². The first-order chi connectivity index (χ1) is 23.4. The average molecular weight is 739 g/mol. The first kappa shape index (κ1) is 34.2. The molecule has 0 bridgehead atoms. The second-order valence-corrected chi connectivity index (χ2v) is 12.4. The Hall–Kier alpha value is -4.70.